The third kappa shape index (κ3) is 2.71. The van der Waals surface area contributed by atoms with E-state index in [4.69, 9.17) is 4.74 Å². The third-order valence-electron chi connectivity index (χ3n) is 3.52. The van der Waals surface area contributed by atoms with Crippen molar-refractivity contribution in [2.45, 2.75) is 32.2 Å². The molecule has 1 fully saturated rings. The van der Waals surface area contributed by atoms with Gasteiger partial charge in [-0.25, -0.2) is 4.98 Å². The second kappa shape index (κ2) is 5.54. The lowest BCUT2D eigenvalue weighted by Gasteiger charge is -2.35. The van der Waals surface area contributed by atoms with Crippen molar-refractivity contribution in [2.75, 3.05) is 30.4 Å². The number of hydrogen-bond acceptors (Lipinski definition) is 6. The third-order valence-corrected chi connectivity index (χ3v) is 4.32. The molecule has 1 unspecified atom stereocenters. The Balaban J connectivity index is 1.94. The maximum Gasteiger partial charge on any atom is 0.226 e. The Bertz CT molecular complexity index is 592. The van der Waals surface area contributed by atoms with E-state index < -0.39 is 0 Å². The summed E-state index contributed by atoms with van der Waals surface area (Å²) in [7, 11) is 0. The minimum Gasteiger partial charge on any atom is -0.379 e. The number of fused-ring (bicyclic) bond motifs is 1. The average molecular weight is 292 g/mol. The predicted octanol–water partition coefficient (Wildman–Crippen LogP) is 3.10. The Morgan fingerprint density at radius 2 is 2.35 bits per heavy atom. The first-order valence-electron chi connectivity index (χ1n) is 7.05. The zero-order chi connectivity index (χ0) is 14.0. The summed E-state index contributed by atoms with van der Waals surface area (Å²) in [6.07, 6.45) is 2.18. The van der Waals surface area contributed by atoms with Crippen LogP contribution in [0.3, 0.4) is 0 Å². The first-order chi connectivity index (χ1) is 9.70. The molecule has 0 aliphatic carbocycles. The Hall–Kier alpha value is -1.40. The van der Waals surface area contributed by atoms with E-state index in [1.807, 2.05) is 6.92 Å². The van der Waals surface area contributed by atoms with Gasteiger partial charge >= 0.3 is 0 Å². The van der Waals surface area contributed by atoms with E-state index in [1.165, 1.54) is 0 Å². The molecule has 1 saturated heterocycles. The standard InChI is InChI=1S/C14H20N4OS/c1-3-15-13-16-11(10-5-8-20-12(10)17-13)18-14(2)6-4-7-19-9-14/h5,8H,3-4,6-7,9H2,1-2H3,(H2,15,16,17,18). The van der Waals surface area contributed by atoms with Crippen LogP contribution in [0.4, 0.5) is 11.8 Å². The topological polar surface area (TPSA) is 59.1 Å². The zero-order valence-electron chi connectivity index (χ0n) is 11.9. The van der Waals surface area contributed by atoms with Crippen LogP contribution in [0, 0.1) is 0 Å². The van der Waals surface area contributed by atoms with Crippen molar-refractivity contribution in [2.24, 2.45) is 0 Å². The summed E-state index contributed by atoms with van der Waals surface area (Å²) in [5.41, 5.74) is -0.0506. The Morgan fingerprint density at radius 3 is 3.10 bits per heavy atom. The van der Waals surface area contributed by atoms with Gasteiger partial charge in [-0.3, -0.25) is 0 Å². The number of anilines is 2. The maximum absolute atomic E-state index is 5.61. The molecule has 6 heteroatoms. The molecule has 1 aliphatic rings. The number of rotatable bonds is 4. The number of aromatic nitrogens is 2. The molecule has 108 valence electrons. The van der Waals surface area contributed by atoms with Crippen molar-refractivity contribution < 1.29 is 4.74 Å². The molecule has 5 nitrogen and oxygen atoms in total. The summed E-state index contributed by atoms with van der Waals surface area (Å²) in [6.45, 7) is 6.64. The van der Waals surface area contributed by atoms with Crippen LogP contribution in [-0.4, -0.2) is 35.3 Å². The van der Waals surface area contributed by atoms with Crippen molar-refractivity contribution in [1.29, 1.82) is 0 Å². The van der Waals surface area contributed by atoms with E-state index in [1.54, 1.807) is 11.3 Å². The molecule has 0 bridgehead atoms. The first-order valence-corrected chi connectivity index (χ1v) is 7.93. The number of nitrogens with zero attached hydrogens (tertiary/aromatic N) is 2. The van der Waals surface area contributed by atoms with E-state index in [2.05, 4.69) is 39.0 Å². The van der Waals surface area contributed by atoms with E-state index in [0.717, 1.165) is 48.6 Å². The summed E-state index contributed by atoms with van der Waals surface area (Å²) in [5.74, 6) is 1.59. The Labute approximate surface area is 122 Å². The lowest BCUT2D eigenvalue weighted by Crippen LogP contribution is -2.43. The molecule has 1 aliphatic heterocycles. The van der Waals surface area contributed by atoms with E-state index in [9.17, 15) is 0 Å². The van der Waals surface area contributed by atoms with Gasteiger partial charge in [-0.15, -0.1) is 11.3 Å². The molecule has 0 spiro atoms. The van der Waals surface area contributed by atoms with Crippen LogP contribution in [-0.2, 0) is 4.74 Å². The maximum atomic E-state index is 5.61. The van der Waals surface area contributed by atoms with Gasteiger partial charge in [0.1, 0.15) is 10.6 Å². The summed E-state index contributed by atoms with van der Waals surface area (Å²) in [4.78, 5) is 10.2. The van der Waals surface area contributed by atoms with E-state index in [-0.39, 0.29) is 5.54 Å². The molecule has 3 rings (SSSR count). The van der Waals surface area contributed by atoms with Gasteiger partial charge in [-0.2, -0.15) is 4.98 Å². The van der Waals surface area contributed by atoms with Crippen LogP contribution < -0.4 is 10.6 Å². The first kappa shape index (κ1) is 13.6. The van der Waals surface area contributed by atoms with Crippen LogP contribution in [0.25, 0.3) is 10.2 Å². The van der Waals surface area contributed by atoms with Crippen LogP contribution >= 0.6 is 11.3 Å². The Morgan fingerprint density at radius 1 is 1.45 bits per heavy atom. The highest BCUT2D eigenvalue weighted by Gasteiger charge is 2.28. The van der Waals surface area contributed by atoms with Gasteiger partial charge in [0.05, 0.1) is 17.5 Å². The Kier molecular flexibility index (Phi) is 3.76. The molecular formula is C14H20N4OS. The largest absolute Gasteiger partial charge is 0.379 e. The number of nitrogens with one attached hydrogen (secondary N) is 2. The summed E-state index contributed by atoms with van der Waals surface area (Å²) >= 11 is 1.64. The van der Waals surface area contributed by atoms with Gasteiger partial charge in [0.25, 0.3) is 0 Å². The van der Waals surface area contributed by atoms with Crippen molar-refractivity contribution in [1.82, 2.24) is 9.97 Å². The molecule has 1 atom stereocenters. The molecule has 0 radical (unpaired) electrons. The second-order valence-electron chi connectivity index (χ2n) is 5.41. The van der Waals surface area contributed by atoms with Crippen LogP contribution in [0.15, 0.2) is 11.4 Å². The summed E-state index contributed by atoms with van der Waals surface area (Å²) < 4.78 is 5.61. The fraction of sp³-hybridized carbons (Fsp3) is 0.571. The minimum atomic E-state index is -0.0506. The molecule has 0 amide bonds. The van der Waals surface area contributed by atoms with Gasteiger partial charge in [-0.05, 0) is 38.1 Å². The highest BCUT2D eigenvalue weighted by Crippen LogP contribution is 2.30. The average Bonchev–Trinajstić information content (AvgIpc) is 2.88. The van der Waals surface area contributed by atoms with Gasteiger partial charge in [-0.1, -0.05) is 0 Å². The van der Waals surface area contributed by atoms with Gasteiger partial charge < -0.3 is 15.4 Å². The van der Waals surface area contributed by atoms with Crippen LogP contribution in [0.2, 0.25) is 0 Å². The lowest BCUT2D eigenvalue weighted by molar-refractivity contribution is 0.0539. The SMILES string of the molecule is CCNc1nc(NC2(C)CCCOC2)c2ccsc2n1. The fourth-order valence-corrected chi connectivity index (χ4v) is 3.27. The van der Waals surface area contributed by atoms with E-state index >= 15 is 0 Å². The van der Waals surface area contributed by atoms with Crippen molar-refractivity contribution in [3.8, 4) is 0 Å². The van der Waals surface area contributed by atoms with Gasteiger partial charge in [0.15, 0.2) is 0 Å². The monoisotopic (exact) mass is 292 g/mol. The molecule has 2 aromatic heterocycles. The van der Waals surface area contributed by atoms with Crippen molar-refractivity contribution in [3.63, 3.8) is 0 Å². The number of hydrogen-bond donors (Lipinski definition) is 2. The van der Waals surface area contributed by atoms with Crippen LogP contribution in [0.1, 0.15) is 26.7 Å². The van der Waals surface area contributed by atoms with Gasteiger partial charge in [0.2, 0.25) is 5.95 Å². The smallest absolute Gasteiger partial charge is 0.226 e. The molecule has 20 heavy (non-hydrogen) atoms. The summed E-state index contributed by atoms with van der Waals surface area (Å²) in [5, 5.41) is 9.91. The second-order valence-corrected chi connectivity index (χ2v) is 6.30. The van der Waals surface area contributed by atoms with Crippen molar-refractivity contribution >= 4 is 33.3 Å². The highest BCUT2D eigenvalue weighted by molar-refractivity contribution is 7.16. The predicted molar refractivity (Wildman–Crippen MR) is 83.7 cm³/mol. The fourth-order valence-electron chi connectivity index (χ4n) is 2.51. The molecule has 0 saturated carbocycles. The number of ether oxygens (including phenoxy) is 1. The highest BCUT2D eigenvalue weighted by atomic mass is 32.1. The van der Waals surface area contributed by atoms with E-state index in [0.29, 0.717) is 5.95 Å². The lowest BCUT2D eigenvalue weighted by atomic mass is 9.95. The van der Waals surface area contributed by atoms with Crippen LogP contribution in [0.5, 0.6) is 0 Å². The van der Waals surface area contributed by atoms with Gasteiger partial charge in [0, 0.05) is 13.2 Å². The molecule has 2 N–H and O–H groups in total. The normalized spacial score (nSPS) is 22.9. The quantitative estimate of drug-likeness (QED) is 0.907. The zero-order valence-corrected chi connectivity index (χ0v) is 12.7. The summed E-state index contributed by atoms with van der Waals surface area (Å²) in [6, 6.07) is 2.07. The minimum absolute atomic E-state index is 0.0506. The molecule has 0 aromatic carbocycles. The van der Waals surface area contributed by atoms with Crippen molar-refractivity contribution in [3.05, 3.63) is 11.4 Å². The molecular weight excluding hydrogens is 272 g/mol. The molecule has 3 heterocycles. The molecule has 2 aromatic rings. The number of thiophene rings is 1.